The number of benzene rings is 2. The average Bonchev–Trinajstić information content (AvgIpc) is 2.55. The molecule has 1 aliphatic rings. The Morgan fingerprint density at radius 3 is 2.38 bits per heavy atom. The fourth-order valence-corrected chi connectivity index (χ4v) is 3.22. The van der Waals surface area contributed by atoms with Gasteiger partial charge in [0.15, 0.2) is 5.78 Å². The summed E-state index contributed by atoms with van der Waals surface area (Å²) in [5, 5.41) is 0.594. The second-order valence-corrected chi connectivity index (χ2v) is 5.84. The van der Waals surface area contributed by atoms with Gasteiger partial charge in [-0.15, -0.1) is 0 Å². The van der Waals surface area contributed by atoms with Gasteiger partial charge in [0.2, 0.25) is 0 Å². The maximum Gasteiger partial charge on any atom is 0.173 e. The third-order valence-electron chi connectivity index (χ3n) is 4.19. The van der Waals surface area contributed by atoms with E-state index in [4.69, 9.17) is 16.3 Å². The van der Waals surface area contributed by atoms with Crippen LogP contribution in [0, 0.1) is 0 Å². The lowest BCUT2D eigenvalue weighted by molar-refractivity contribution is 0.0424. The standard InChI is InChI=1S/C18H17ClO2/c19-16-8-4-5-14(13-16)17(20)18(9-11-21-12-10-18)15-6-2-1-3-7-15/h1-8,13H,9-12H2. The Balaban J connectivity index is 2.06. The maximum atomic E-state index is 13.2. The highest BCUT2D eigenvalue weighted by atomic mass is 35.5. The molecule has 3 heteroatoms. The largest absolute Gasteiger partial charge is 0.381 e. The van der Waals surface area contributed by atoms with Crippen LogP contribution in [0.25, 0.3) is 0 Å². The Kier molecular flexibility index (Phi) is 4.09. The number of carbonyl (C=O) groups is 1. The van der Waals surface area contributed by atoms with Crippen LogP contribution in [0.1, 0.15) is 28.8 Å². The van der Waals surface area contributed by atoms with E-state index < -0.39 is 5.41 Å². The highest BCUT2D eigenvalue weighted by Gasteiger charge is 2.41. The van der Waals surface area contributed by atoms with Crippen LogP contribution >= 0.6 is 11.6 Å². The fraction of sp³-hybridized carbons (Fsp3) is 0.278. The first-order valence-electron chi connectivity index (χ1n) is 7.16. The zero-order valence-corrected chi connectivity index (χ0v) is 12.5. The Morgan fingerprint density at radius 1 is 1.00 bits per heavy atom. The highest BCUT2D eigenvalue weighted by Crippen LogP contribution is 2.38. The molecule has 1 fully saturated rings. The van der Waals surface area contributed by atoms with Crippen LogP contribution in [0.3, 0.4) is 0 Å². The van der Waals surface area contributed by atoms with Crippen LogP contribution in [0.5, 0.6) is 0 Å². The van der Waals surface area contributed by atoms with E-state index >= 15 is 0 Å². The molecule has 0 radical (unpaired) electrons. The van der Waals surface area contributed by atoms with Crippen molar-refractivity contribution in [1.29, 1.82) is 0 Å². The molecule has 21 heavy (non-hydrogen) atoms. The van der Waals surface area contributed by atoms with Crippen LogP contribution in [-0.2, 0) is 10.2 Å². The van der Waals surface area contributed by atoms with E-state index in [1.165, 1.54) is 0 Å². The molecule has 0 amide bonds. The second-order valence-electron chi connectivity index (χ2n) is 5.40. The molecule has 0 N–H and O–H groups in total. The van der Waals surface area contributed by atoms with E-state index in [-0.39, 0.29) is 5.78 Å². The zero-order valence-electron chi connectivity index (χ0n) is 11.7. The van der Waals surface area contributed by atoms with Gasteiger partial charge in [-0.25, -0.2) is 0 Å². The predicted molar refractivity (Wildman–Crippen MR) is 84.0 cm³/mol. The lowest BCUT2D eigenvalue weighted by Gasteiger charge is -2.36. The smallest absolute Gasteiger partial charge is 0.173 e. The van der Waals surface area contributed by atoms with Crippen molar-refractivity contribution in [1.82, 2.24) is 0 Å². The number of rotatable bonds is 3. The van der Waals surface area contributed by atoms with Crippen LogP contribution in [0.15, 0.2) is 54.6 Å². The van der Waals surface area contributed by atoms with E-state index in [0.717, 1.165) is 5.56 Å². The summed E-state index contributed by atoms with van der Waals surface area (Å²) in [6.45, 7) is 1.22. The minimum absolute atomic E-state index is 0.138. The molecule has 2 aromatic carbocycles. The summed E-state index contributed by atoms with van der Waals surface area (Å²) >= 11 is 6.04. The summed E-state index contributed by atoms with van der Waals surface area (Å²) < 4.78 is 5.48. The van der Waals surface area contributed by atoms with Crippen molar-refractivity contribution in [3.05, 3.63) is 70.7 Å². The molecule has 2 aromatic rings. The summed E-state index contributed by atoms with van der Waals surface area (Å²) in [7, 11) is 0. The molecule has 0 atom stereocenters. The van der Waals surface area contributed by atoms with Crippen molar-refractivity contribution in [3.8, 4) is 0 Å². The van der Waals surface area contributed by atoms with Crippen molar-refractivity contribution in [2.24, 2.45) is 0 Å². The van der Waals surface area contributed by atoms with Gasteiger partial charge in [-0.3, -0.25) is 4.79 Å². The fourth-order valence-electron chi connectivity index (χ4n) is 3.03. The van der Waals surface area contributed by atoms with Crippen molar-refractivity contribution >= 4 is 17.4 Å². The Labute approximate surface area is 129 Å². The molecule has 108 valence electrons. The molecule has 1 aliphatic heterocycles. The maximum absolute atomic E-state index is 13.2. The molecule has 3 rings (SSSR count). The SMILES string of the molecule is O=C(c1cccc(Cl)c1)C1(c2ccccc2)CCOCC1. The van der Waals surface area contributed by atoms with E-state index in [0.29, 0.717) is 36.6 Å². The summed E-state index contributed by atoms with van der Waals surface area (Å²) in [5.41, 5.74) is 1.25. The number of hydrogen-bond donors (Lipinski definition) is 0. The first-order chi connectivity index (χ1) is 10.2. The van der Waals surface area contributed by atoms with Gasteiger partial charge in [-0.05, 0) is 30.5 Å². The van der Waals surface area contributed by atoms with E-state index in [2.05, 4.69) is 0 Å². The second kappa shape index (κ2) is 6.00. The van der Waals surface area contributed by atoms with Gasteiger partial charge in [0.1, 0.15) is 0 Å². The van der Waals surface area contributed by atoms with Crippen molar-refractivity contribution in [2.45, 2.75) is 18.3 Å². The van der Waals surface area contributed by atoms with Gasteiger partial charge in [0.05, 0.1) is 5.41 Å². The molecular formula is C18H17ClO2. The number of hydrogen-bond acceptors (Lipinski definition) is 2. The summed E-state index contributed by atoms with van der Waals surface area (Å²) in [6, 6.07) is 17.2. The van der Waals surface area contributed by atoms with E-state index in [1.54, 1.807) is 12.1 Å². The van der Waals surface area contributed by atoms with Crippen molar-refractivity contribution < 1.29 is 9.53 Å². The van der Waals surface area contributed by atoms with Crippen LogP contribution in [-0.4, -0.2) is 19.0 Å². The normalized spacial score (nSPS) is 17.4. The topological polar surface area (TPSA) is 26.3 Å². The van der Waals surface area contributed by atoms with Crippen molar-refractivity contribution in [2.75, 3.05) is 13.2 Å². The average molecular weight is 301 g/mol. The van der Waals surface area contributed by atoms with E-state index in [1.807, 2.05) is 42.5 Å². The monoisotopic (exact) mass is 300 g/mol. The van der Waals surface area contributed by atoms with Gasteiger partial charge in [-0.1, -0.05) is 54.1 Å². The summed E-state index contributed by atoms with van der Waals surface area (Å²) in [6.07, 6.45) is 1.42. The molecule has 0 unspecified atom stereocenters. The van der Waals surface area contributed by atoms with Gasteiger partial charge in [0, 0.05) is 23.8 Å². The lowest BCUT2D eigenvalue weighted by atomic mass is 9.69. The third kappa shape index (κ3) is 2.74. The molecule has 1 heterocycles. The Bertz CT molecular complexity index is 631. The quantitative estimate of drug-likeness (QED) is 0.791. The minimum atomic E-state index is -0.496. The first kappa shape index (κ1) is 14.3. The number of carbonyl (C=O) groups excluding carboxylic acids is 1. The molecule has 0 aromatic heterocycles. The summed E-state index contributed by atoms with van der Waals surface area (Å²) in [4.78, 5) is 13.2. The molecule has 0 spiro atoms. The van der Waals surface area contributed by atoms with Crippen LogP contribution < -0.4 is 0 Å². The van der Waals surface area contributed by atoms with Crippen LogP contribution in [0.4, 0.5) is 0 Å². The third-order valence-corrected chi connectivity index (χ3v) is 4.43. The molecular weight excluding hydrogens is 284 g/mol. The first-order valence-corrected chi connectivity index (χ1v) is 7.54. The lowest BCUT2D eigenvalue weighted by Crippen LogP contribution is -2.41. The Morgan fingerprint density at radius 2 is 1.71 bits per heavy atom. The number of halogens is 1. The molecule has 0 saturated carbocycles. The molecule has 1 saturated heterocycles. The minimum Gasteiger partial charge on any atom is -0.381 e. The van der Waals surface area contributed by atoms with E-state index in [9.17, 15) is 4.79 Å². The summed E-state index contributed by atoms with van der Waals surface area (Å²) in [5.74, 6) is 0.138. The number of ketones is 1. The van der Waals surface area contributed by atoms with Crippen molar-refractivity contribution in [3.63, 3.8) is 0 Å². The highest BCUT2D eigenvalue weighted by molar-refractivity contribution is 6.31. The molecule has 2 nitrogen and oxygen atoms in total. The van der Waals surface area contributed by atoms with Gasteiger partial charge in [0.25, 0.3) is 0 Å². The van der Waals surface area contributed by atoms with Gasteiger partial charge < -0.3 is 4.74 Å². The number of Topliss-reactive ketones (excluding diaryl/α,β-unsaturated/α-hetero) is 1. The number of ether oxygens (including phenoxy) is 1. The Hall–Kier alpha value is -1.64. The predicted octanol–water partition coefficient (Wildman–Crippen LogP) is 4.27. The van der Waals surface area contributed by atoms with Crippen LogP contribution in [0.2, 0.25) is 5.02 Å². The zero-order chi connectivity index (χ0) is 14.7. The molecule has 0 bridgehead atoms. The van der Waals surface area contributed by atoms with Gasteiger partial charge in [-0.2, -0.15) is 0 Å². The van der Waals surface area contributed by atoms with Gasteiger partial charge >= 0.3 is 0 Å². The molecule has 0 aliphatic carbocycles.